The van der Waals surface area contributed by atoms with E-state index in [1.165, 1.54) is 6.92 Å². The molecular formula is C31H41Cl2N2O4+. The zero-order valence-electron chi connectivity index (χ0n) is 23.7. The van der Waals surface area contributed by atoms with Gasteiger partial charge in [-0.1, -0.05) is 55.2 Å². The van der Waals surface area contributed by atoms with Gasteiger partial charge in [0, 0.05) is 30.7 Å². The van der Waals surface area contributed by atoms with Gasteiger partial charge in [0.1, 0.15) is 12.3 Å². The average Bonchev–Trinajstić information content (AvgIpc) is 2.85. The van der Waals surface area contributed by atoms with Crippen molar-refractivity contribution in [3.05, 3.63) is 63.6 Å². The lowest BCUT2D eigenvalue weighted by Crippen LogP contribution is -2.73. The van der Waals surface area contributed by atoms with Gasteiger partial charge in [0.05, 0.1) is 43.7 Å². The molecule has 0 aromatic heterocycles. The zero-order valence-corrected chi connectivity index (χ0v) is 25.2. The van der Waals surface area contributed by atoms with Gasteiger partial charge < -0.3 is 19.3 Å². The summed E-state index contributed by atoms with van der Waals surface area (Å²) in [6.07, 6.45) is 3.15. The van der Waals surface area contributed by atoms with E-state index in [0.717, 1.165) is 53.8 Å². The van der Waals surface area contributed by atoms with Crippen LogP contribution >= 0.6 is 23.2 Å². The van der Waals surface area contributed by atoms with Crippen LogP contribution < -0.4 is 10.1 Å². The number of carbonyl (C=O) groups excluding carboxylic acids is 2. The first-order valence-electron chi connectivity index (χ1n) is 13.8. The largest absolute Gasteiger partial charge is 0.497 e. The van der Waals surface area contributed by atoms with Crippen LogP contribution in [-0.4, -0.2) is 61.8 Å². The van der Waals surface area contributed by atoms with Crippen molar-refractivity contribution >= 4 is 35.1 Å². The highest BCUT2D eigenvalue weighted by atomic mass is 35.5. The van der Waals surface area contributed by atoms with Crippen LogP contribution in [0.2, 0.25) is 10.0 Å². The van der Waals surface area contributed by atoms with Gasteiger partial charge in [-0.15, -0.1) is 0 Å². The minimum absolute atomic E-state index is 0.0582. The molecule has 4 rings (SSSR count). The number of carbonyl (C=O) groups is 2. The second-order valence-corrected chi connectivity index (χ2v) is 13.0. The Morgan fingerprint density at radius 2 is 1.90 bits per heavy atom. The molecule has 0 radical (unpaired) electrons. The molecule has 8 heteroatoms. The Bertz CT molecular complexity index is 1220. The smallest absolute Gasteiger partial charge is 0.303 e. The fourth-order valence-electron chi connectivity index (χ4n) is 7.25. The number of ether oxygens (including phenoxy) is 2. The van der Waals surface area contributed by atoms with Gasteiger partial charge in [-0.2, -0.15) is 0 Å². The first-order valence-corrected chi connectivity index (χ1v) is 14.6. The number of piperidine rings is 1. The first kappa shape index (κ1) is 29.7. The molecule has 1 N–H and O–H groups in total. The van der Waals surface area contributed by atoms with Gasteiger partial charge in [0.25, 0.3) is 0 Å². The summed E-state index contributed by atoms with van der Waals surface area (Å²) in [6.45, 7) is 8.71. The predicted molar refractivity (Wildman–Crippen MR) is 155 cm³/mol. The van der Waals surface area contributed by atoms with E-state index >= 15 is 0 Å². The topological polar surface area (TPSA) is 64.6 Å². The maximum atomic E-state index is 13.2. The number of amides is 1. The van der Waals surface area contributed by atoms with Crippen LogP contribution in [0, 0.1) is 5.92 Å². The summed E-state index contributed by atoms with van der Waals surface area (Å²) >= 11 is 12.2. The molecule has 2 aliphatic rings. The number of likely N-dealkylation sites (tertiary alicyclic amines) is 1. The second-order valence-electron chi connectivity index (χ2n) is 12.2. The lowest BCUT2D eigenvalue weighted by Gasteiger charge is -2.61. The van der Waals surface area contributed by atoms with Gasteiger partial charge in [-0.25, -0.2) is 0 Å². The third kappa shape index (κ3) is 6.39. The lowest BCUT2D eigenvalue weighted by molar-refractivity contribution is -0.925. The molecule has 1 aliphatic carbocycles. The van der Waals surface area contributed by atoms with Gasteiger partial charge in [0.15, 0.2) is 5.60 Å². The van der Waals surface area contributed by atoms with Crippen molar-refractivity contribution in [1.29, 1.82) is 0 Å². The third-order valence-corrected chi connectivity index (χ3v) is 9.30. The van der Waals surface area contributed by atoms with Gasteiger partial charge in [-0.05, 0) is 54.7 Å². The number of nitrogens with one attached hydrogen (secondary N) is 1. The van der Waals surface area contributed by atoms with Crippen LogP contribution in [-0.2, 0) is 26.2 Å². The highest BCUT2D eigenvalue weighted by Crippen LogP contribution is 2.55. The Labute approximate surface area is 242 Å². The molecule has 4 atom stereocenters. The maximum Gasteiger partial charge on any atom is 0.303 e. The van der Waals surface area contributed by atoms with Crippen molar-refractivity contribution in [2.75, 3.05) is 33.8 Å². The average molecular weight is 577 g/mol. The quantitative estimate of drug-likeness (QED) is 0.311. The normalized spacial score (nSPS) is 28.5. The minimum atomic E-state index is -0.683. The van der Waals surface area contributed by atoms with Crippen molar-refractivity contribution in [2.24, 2.45) is 5.92 Å². The van der Waals surface area contributed by atoms with Crippen LogP contribution in [0.25, 0.3) is 0 Å². The number of hydrogen-bond donors (Lipinski definition) is 1. The Morgan fingerprint density at radius 3 is 2.56 bits per heavy atom. The van der Waals surface area contributed by atoms with E-state index in [-0.39, 0.29) is 24.3 Å². The monoisotopic (exact) mass is 575 g/mol. The summed E-state index contributed by atoms with van der Waals surface area (Å²) in [5, 5.41) is 4.19. The molecule has 1 unspecified atom stereocenters. The lowest BCUT2D eigenvalue weighted by atomic mass is 9.54. The Balaban J connectivity index is 1.68. The van der Waals surface area contributed by atoms with Crippen LogP contribution in [0.4, 0.5) is 0 Å². The summed E-state index contributed by atoms with van der Waals surface area (Å²) < 4.78 is 12.9. The number of hydrogen-bond acceptors (Lipinski definition) is 4. The van der Waals surface area contributed by atoms with E-state index < -0.39 is 11.0 Å². The minimum Gasteiger partial charge on any atom is -0.497 e. The van der Waals surface area contributed by atoms with E-state index in [4.69, 9.17) is 32.7 Å². The number of quaternary nitrogens is 1. The molecule has 2 aromatic carbocycles. The molecule has 212 valence electrons. The number of likely N-dealkylation sites (N-methyl/N-ethyl adjacent to an activating group) is 1. The van der Waals surface area contributed by atoms with Crippen molar-refractivity contribution in [1.82, 2.24) is 5.32 Å². The number of halogens is 2. The molecule has 1 aliphatic heterocycles. The first-order chi connectivity index (χ1) is 18.4. The number of nitrogens with zero attached hydrogens (tertiary/aromatic N) is 1. The molecule has 1 saturated heterocycles. The molecule has 6 nitrogen and oxygen atoms in total. The molecule has 1 amide bonds. The van der Waals surface area contributed by atoms with E-state index in [1.807, 2.05) is 18.2 Å². The molecular weight excluding hydrogens is 535 g/mol. The predicted octanol–water partition coefficient (Wildman–Crippen LogP) is 5.96. The summed E-state index contributed by atoms with van der Waals surface area (Å²) in [4.78, 5) is 25.8. The second kappa shape index (κ2) is 11.7. The van der Waals surface area contributed by atoms with Crippen molar-refractivity contribution in [3.8, 4) is 5.75 Å². The summed E-state index contributed by atoms with van der Waals surface area (Å²) in [6, 6.07) is 13.4. The molecule has 39 heavy (non-hydrogen) atoms. The van der Waals surface area contributed by atoms with Crippen LogP contribution in [0.3, 0.4) is 0 Å². The van der Waals surface area contributed by atoms with Gasteiger partial charge in [0.2, 0.25) is 5.91 Å². The maximum absolute atomic E-state index is 13.2. The Hall–Kier alpha value is -2.28. The zero-order chi connectivity index (χ0) is 28.4. The van der Waals surface area contributed by atoms with Crippen molar-refractivity contribution in [2.45, 2.75) is 69.9 Å². The van der Waals surface area contributed by atoms with Gasteiger partial charge in [-0.3, -0.25) is 9.59 Å². The fourth-order valence-corrected chi connectivity index (χ4v) is 7.57. The van der Waals surface area contributed by atoms with E-state index in [1.54, 1.807) is 19.2 Å². The number of methoxy groups -OCH3 is 1. The van der Waals surface area contributed by atoms with Crippen LogP contribution in [0.5, 0.6) is 5.75 Å². The highest BCUT2D eigenvalue weighted by Gasteiger charge is 2.64. The molecule has 0 spiro atoms. The van der Waals surface area contributed by atoms with E-state index in [2.05, 4.69) is 38.3 Å². The van der Waals surface area contributed by atoms with Gasteiger partial charge >= 0.3 is 5.97 Å². The van der Waals surface area contributed by atoms with E-state index in [0.29, 0.717) is 28.8 Å². The van der Waals surface area contributed by atoms with Crippen molar-refractivity contribution < 1.29 is 23.5 Å². The van der Waals surface area contributed by atoms with Crippen LogP contribution in [0.15, 0.2) is 42.5 Å². The summed E-state index contributed by atoms with van der Waals surface area (Å²) in [5.41, 5.74) is 0.774. The highest BCUT2D eigenvalue weighted by molar-refractivity contribution is 6.42. The van der Waals surface area contributed by atoms with E-state index in [9.17, 15) is 9.59 Å². The van der Waals surface area contributed by atoms with Crippen molar-refractivity contribution in [3.63, 3.8) is 0 Å². The SMILES string of the molecule is COc1cccc([C@]23CC[N@@+](C)(CC(C)C)CC2(OC(C)=O)CC[C@H](NC(=O)Cc2ccc(Cl)c(Cl)c2)C3)c1. The summed E-state index contributed by atoms with van der Waals surface area (Å²) in [7, 11) is 3.95. The Kier molecular flexibility index (Phi) is 8.89. The molecule has 1 saturated carbocycles. The Morgan fingerprint density at radius 1 is 1.13 bits per heavy atom. The number of fused-ring (bicyclic) bond motifs is 1. The molecule has 1 heterocycles. The third-order valence-electron chi connectivity index (χ3n) is 8.56. The molecule has 2 fully saturated rings. The summed E-state index contributed by atoms with van der Waals surface area (Å²) in [5.74, 6) is 0.970. The number of rotatable bonds is 8. The number of esters is 1. The fraction of sp³-hybridized carbons (Fsp3) is 0.548. The van der Waals surface area contributed by atoms with Crippen LogP contribution in [0.1, 0.15) is 57.6 Å². The standard InChI is InChI=1S/C31H40Cl2N2O4/c1-21(2)19-35(4)14-13-30(24-7-6-8-26(17-24)38-5)18-25(11-12-31(30,20-35)39-22(3)36)34-29(37)16-23-9-10-27(32)28(33)15-23/h6-10,15,17,21,25H,11-14,16,18-20H2,1-5H3/p+1/t25-,30+,31?,35-/m0/s1. The molecule has 0 bridgehead atoms. The molecule has 2 aromatic rings. The number of benzene rings is 2.